The molecule has 112 valence electrons. The van der Waals surface area contributed by atoms with Crippen molar-refractivity contribution in [1.82, 2.24) is 14.7 Å². The number of rotatable bonds is 5. The van der Waals surface area contributed by atoms with Gasteiger partial charge >= 0.3 is 0 Å². The van der Waals surface area contributed by atoms with Crippen molar-refractivity contribution in [2.75, 3.05) is 52.9 Å². The standard InChI is InChI=1S/C15H32N4/c1-4-18(5-2)14-7-10-19(11-14)15(12-16)8-6-9-17(3)13-15/h14H,4-13,16H2,1-3H3. The molecule has 4 nitrogen and oxygen atoms in total. The summed E-state index contributed by atoms with van der Waals surface area (Å²) in [5.74, 6) is 0. The van der Waals surface area contributed by atoms with Gasteiger partial charge in [-0.25, -0.2) is 0 Å². The molecule has 0 bridgehead atoms. The molecule has 2 aliphatic rings. The van der Waals surface area contributed by atoms with Crippen LogP contribution in [0.1, 0.15) is 33.1 Å². The number of hydrogen-bond acceptors (Lipinski definition) is 4. The Bertz CT molecular complexity index is 279. The van der Waals surface area contributed by atoms with Gasteiger partial charge in [0, 0.05) is 37.8 Å². The number of piperidine rings is 1. The van der Waals surface area contributed by atoms with E-state index in [2.05, 4.69) is 35.6 Å². The Morgan fingerprint density at radius 2 is 2.00 bits per heavy atom. The van der Waals surface area contributed by atoms with Crippen LogP contribution in [0, 0.1) is 0 Å². The summed E-state index contributed by atoms with van der Waals surface area (Å²) in [6.07, 6.45) is 3.88. The first-order chi connectivity index (χ1) is 9.15. The van der Waals surface area contributed by atoms with Crippen LogP contribution < -0.4 is 5.73 Å². The van der Waals surface area contributed by atoms with E-state index in [-0.39, 0.29) is 5.54 Å². The fraction of sp³-hybridized carbons (Fsp3) is 1.00. The summed E-state index contributed by atoms with van der Waals surface area (Å²) < 4.78 is 0. The van der Waals surface area contributed by atoms with Crippen LogP contribution in [0.4, 0.5) is 0 Å². The molecule has 0 aliphatic carbocycles. The molecular weight excluding hydrogens is 236 g/mol. The molecule has 2 aliphatic heterocycles. The number of likely N-dealkylation sites (N-methyl/N-ethyl adjacent to an activating group) is 2. The van der Waals surface area contributed by atoms with Crippen LogP contribution in [0.15, 0.2) is 0 Å². The van der Waals surface area contributed by atoms with E-state index in [4.69, 9.17) is 5.73 Å². The van der Waals surface area contributed by atoms with Crippen molar-refractivity contribution < 1.29 is 0 Å². The van der Waals surface area contributed by atoms with Gasteiger partial charge in [-0.05, 0) is 45.9 Å². The van der Waals surface area contributed by atoms with Crippen LogP contribution in [0.25, 0.3) is 0 Å². The van der Waals surface area contributed by atoms with Gasteiger partial charge in [0.05, 0.1) is 0 Å². The SMILES string of the molecule is CCN(CC)C1CCN(C2(CN)CCCN(C)C2)C1. The lowest BCUT2D eigenvalue weighted by molar-refractivity contribution is 0.0374. The number of nitrogens with two attached hydrogens (primary N) is 1. The lowest BCUT2D eigenvalue weighted by Gasteiger charge is -2.47. The van der Waals surface area contributed by atoms with Crippen molar-refractivity contribution in [3.05, 3.63) is 0 Å². The molecule has 2 rings (SSSR count). The van der Waals surface area contributed by atoms with Crippen LogP contribution in [0.2, 0.25) is 0 Å². The molecule has 0 saturated carbocycles. The summed E-state index contributed by atoms with van der Waals surface area (Å²) in [5, 5.41) is 0. The second-order valence-corrected chi connectivity index (χ2v) is 6.38. The maximum absolute atomic E-state index is 6.18. The largest absolute Gasteiger partial charge is 0.329 e. The van der Waals surface area contributed by atoms with E-state index in [1.54, 1.807) is 0 Å². The van der Waals surface area contributed by atoms with Crippen LogP contribution in [-0.2, 0) is 0 Å². The molecule has 0 aromatic rings. The van der Waals surface area contributed by atoms with Gasteiger partial charge in [0.1, 0.15) is 0 Å². The zero-order chi connectivity index (χ0) is 13.9. The average molecular weight is 268 g/mol. The first kappa shape index (κ1) is 15.2. The minimum atomic E-state index is 0.245. The summed E-state index contributed by atoms with van der Waals surface area (Å²) >= 11 is 0. The molecule has 2 unspecified atom stereocenters. The second-order valence-electron chi connectivity index (χ2n) is 6.38. The Kier molecular flexibility index (Phi) is 5.23. The Morgan fingerprint density at radius 3 is 2.58 bits per heavy atom. The molecule has 0 amide bonds. The zero-order valence-corrected chi connectivity index (χ0v) is 13.1. The van der Waals surface area contributed by atoms with Crippen molar-refractivity contribution in [3.63, 3.8) is 0 Å². The van der Waals surface area contributed by atoms with E-state index in [1.807, 2.05) is 0 Å². The summed E-state index contributed by atoms with van der Waals surface area (Å²) in [6, 6.07) is 0.741. The van der Waals surface area contributed by atoms with Gasteiger partial charge in [-0.3, -0.25) is 9.80 Å². The second kappa shape index (κ2) is 6.53. The monoisotopic (exact) mass is 268 g/mol. The van der Waals surface area contributed by atoms with E-state index in [9.17, 15) is 0 Å². The van der Waals surface area contributed by atoms with E-state index in [0.717, 1.165) is 19.1 Å². The fourth-order valence-electron chi connectivity index (χ4n) is 4.10. The maximum atomic E-state index is 6.18. The van der Waals surface area contributed by atoms with E-state index in [0.29, 0.717) is 0 Å². The molecule has 19 heavy (non-hydrogen) atoms. The molecule has 4 heteroatoms. The van der Waals surface area contributed by atoms with E-state index >= 15 is 0 Å². The predicted octanol–water partition coefficient (Wildman–Crippen LogP) is 0.826. The summed E-state index contributed by atoms with van der Waals surface area (Å²) in [5.41, 5.74) is 6.43. The van der Waals surface area contributed by atoms with Crippen LogP contribution in [0.5, 0.6) is 0 Å². The molecule has 0 spiro atoms. The third-order valence-electron chi connectivity index (χ3n) is 5.29. The van der Waals surface area contributed by atoms with Gasteiger partial charge in [0.2, 0.25) is 0 Å². The Hall–Kier alpha value is -0.160. The highest BCUT2D eigenvalue weighted by atomic mass is 15.3. The first-order valence-electron chi connectivity index (χ1n) is 8.03. The highest BCUT2D eigenvalue weighted by Gasteiger charge is 2.42. The van der Waals surface area contributed by atoms with Crippen molar-refractivity contribution in [2.45, 2.75) is 44.7 Å². The zero-order valence-electron chi connectivity index (χ0n) is 13.1. The Balaban J connectivity index is 2.01. The average Bonchev–Trinajstić information content (AvgIpc) is 2.90. The minimum absolute atomic E-state index is 0.245. The lowest BCUT2D eigenvalue weighted by Crippen LogP contribution is -2.61. The third-order valence-corrected chi connectivity index (χ3v) is 5.29. The van der Waals surface area contributed by atoms with Crippen molar-refractivity contribution in [3.8, 4) is 0 Å². The van der Waals surface area contributed by atoms with Gasteiger partial charge in [-0.2, -0.15) is 0 Å². The smallest absolute Gasteiger partial charge is 0.0459 e. The molecule has 2 saturated heterocycles. The lowest BCUT2D eigenvalue weighted by atomic mass is 9.87. The summed E-state index contributed by atoms with van der Waals surface area (Å²) in [7, 11) is 2.24. The van der Waals surface area contributed by atoms with E-state index < -0.39 is 0 Å². The van der Waals surface area contributed by atoms with Crippen molar-refractivity contribution in [1.29, 1.82) is 0 Å². The van der Waals surface area contributed by atoms with Gasteiger partial charge in [-0.1, -0.05) is 13.8 Å². The molecule has 2 heterocycles. The third kappa shape index (κ3) is 3.13. The predicted molar refractivity (Wildman–Crippen MR) is 81.4 cm³/mol. The van der Waals surface area contributed by atoms with Crippen LogP contribution in [0.3, 0.4) is 0 Å². The molecular formula is C15H32N4. The Morgan fingerprint density at radius 1 is 1.26 bits per heavy atom. The minimum Gasteiger partial charge on any atom is -0.329 e. The normalized spacial score (nSPS) is 34.3. The summed E-state index contributed by atoms with van der Waals surface area (Å²) in [4.78, 5) is 7.77. The fourth-order valence-corrected chi connectivity index (χ4v) is 4.10. The van der Waals surface area contributed by atoms with E-state index in [1.165, 1.54) is 52.0 Å². The first-order valence-corrected chi connectivity index (χ1v) is 8.03. The van der Waals surface area contributed by atoms with Crippen LogP contribution in [-0.4, -0.2) is 79.1 Å². The molecule has 0 aromatic carbocycles. The van der Waals surface area contributed by atoms with Gasteiger partial charge in [0.25, 0.3) is 0 Å². The molecule has 0 radical (unpaired) electrons. The van der Waals surface area contributed by atoms with Gasteiger partial charge < -0.3 is 10.6 Å². The molecule has 0 aromatic heterocycles. The van der Waals surface area contributed by atoms with Crippen molar-refractivity contribution >= 4 is 0 Å². The van der Waals surface area contributed by atoms with Gasteiger partial charge in [-0.15, -0.1) is 0 Å². The molecule has 2 atom stereocenters. The highest BCUT2D eigenvalue weighted by Crippen LogP contribution is 2.30. The molecule has 2 fully saturated rings. The topological polar surface area (TPSA) is 35.7 Å². The van der Waals surface area contributed by atoms with Gasteiger partial charge in [0.15, 0.2) is 0 Å². The maximum Gasteiger partial charge on any atom is 0.0459 e. The highest BCUT2D eigenvalue weighted by molar-refractivity contribution is 5.01. The number of likely N-dealkylation sites (tertiary alicyclic amines) is 2. The Labute approximate surface area is 118 Å². The quantitative estimate of drug-likeness (QED) is 0.801. The number of nitrogens with zero attached hydrogens (tertiary/aromatic N) is 3. The van der Waals surface area contributed by atoms with Crippen LogP contribution >= 0.6 is 0 Å². The number of hydrogen-bond donors (Lipinski definition) is 1. The summed E-state index contributed by atoms with van der Waals surface area (Å²) in [6.45, 7) is 12.5. The molecule has 2 N–H and O–H groups in total. The van der Waals surface area contributed by atoms with Crippen molar-refractivity contribution in [2.24, 2.45) is 5.73 Å².